The van der Waals surface area contributed by atoms with Crippen LogP contribution in [0.2, 0.25) is 0 Å². The molecule has 0 radical (unpaired) electrons. The summed E-state index contributed by atoms with van der Waals surface area (Å²) in [5.74, 6) is 0.580. The van der Waals surface area contributed by atoms with E-state index in [2.05, 4.69) is 9.80 Å². The Balaban J connectivity index is 2.12. The summed E-state index contributed by atoms with van der Waals surface area (Å²) in [4.78, 5) is 4.52. The molecule has 1 rings (SSSR count). The monoisotopic (exact) mass is 236 g/mol. The van der Waals surface area contributed by atoms with Gasteiger partial charge in [0.2, 0.25) is 0 Å². The first-order valence-electron chi connectivity index (χ1n) is 5.24. The summed E-state index contributed by atoms with van der Waals surface area (Å²) in [6.07, 6.45) is 0. The Kier molecular flexibility index (Phi) is 6.35. The standard InChI is InChI=1S/C9H20N2O3S/c1-14-15(13)9-7-11-4-2-10(3-5-11)6-8-12/h12H,2-9H2,1H3. The molecule has 1 fully saturated rings. The number of piperazine rings is 1. The van der Waals surface area contributed by atoms with Crippen molar-refractivity contribution in [1.82, 2.24) is 9.80 Å². The van der Waals surface area contributed by atoms with Crippen LogP contribution < -0.4 is 0 Å². The molecule has 0 aromatic carbocycles. The third-order valence-corrected chi connectivity index (χ3v) is 3.53. The van der Waals surface area contributed by atoms with Crippen LogP contribution in [0.1, 0.15) is 0 Å². The topological polar surface area (TPSA) is 53.0 Å². The van der Waals surface area contributed by atoms with E-state index in [9.17, 15) is 4.21 Å². The SMILES string of the molecule is COS(=O)CCN1CCN(CCO)CC1. The average Bonchev–Trinajstić information content (AvgIpc) is 2.28. The van der Waals surface area contributed by atoms with Crippen molar-refractivity contribution in [2.45, 2.75) is 0 Å². The quantitative estimate of drug-likeness (QED) is 0.635. The van der Waals surface area contributed by atoms with Crippen molar-refractivity contribution >= 4 is 11.1 Å². The molecule has 1 N–H and O–H groups in total. The summed E-state index contributed by atoms with van der Waals surface area (Å²) < 4.78 is 15.7. The number of aliphatic hydroxyl groups is 1. The largest absolute Gasteiger partial charge is 0.395 e. The van der Waals surface area contributed by atoms with Gasteiger partial charge in [0.15, 0.2) is 11.1 Å². The first-order valence-corrected chi connectivity index (χ1v) is 6.49. The van der Waals surface area contributed by atoms with Gasteiger partial charge in [0, 0.05) is 39.3 Å². The molecule has 6 heteroatoms. The second-order valence-corrected chi connectivity index (χ2v) is 4.93. The first-order chi connectivity index (χ1) is 7.26. The number of hydrogen-bond donors (Lipinski definition) is 1. The van der Waals surface area contributed by atoms with Crippen molar-refractivity contribution in [1.29, 1.82) is 0 Å². The maximum atomic E-state index is 11.0. The minimum atomic E-state index is -1.14. The highest BCUT2D eigenvalue weighted by Crippen LogP contribution is 2.01. The molecular formula is C9H20N2O3S. The molecule has 1 saturated heterocycles. The Labute approximate surface area is 93.7 Å². The van der Waals surface area contributed by atoms with Gasteiger partial charge in [-0.3, -0.25) is 14.0 Å². The Morgan fingerprint density at radius 3 is 2.20 bits per heavy atom. The zero-order valence-electron chi connectivity index (χ0n) is 9.22. The maximum Gasteiger partial charge on any atom is 0.156 e. The second-order valence-electron chi connectivity index (χ2n) is 3.58. The van der Waals surface area contributed by atoms with Crippen molar-refractivity contribution in [2.24, 2.45) is 0 Å². The summed E-state index contributed by atoms with van der Waals surface area (Å²) in [5, 5.41) is 8.78. The molecule has 5 nitrogen and oxygen atoms in total. The number of β-amino-alcohol motifs (C(OH)–C–C–N with tert-alkyl or cyclic N) is 1. The van der Waals surface area contributed by atoms with Crippen LogP contribution in [0.15, 0.2) is 0 Å². The zero-order valence-corrected chi connectivity index (χ0v) is 10.0. The van der Waals surface area contributed by atoms with Crippen molar-refractivity contribution in [3.8, 4) is 0 Å². The molecule has 90 valence electrons. The van der Waals surface area contributed by atoms with Crippen molar-refractivity contribution in [3.63, 3.8) is 0 Å². The van der Waals surface area contributed by atoms with E-state index in [1.165, 1.54) is 7.11 Å². The summed E-state index contributed by atoms with van der Waals surface area (Å²) in [6.45, 7) is 5.77. The molecule has 0 bridgehead atoms. The van der Waals surface area contributed by atoms with E-state index in [1.807, 2.05) is 0 Å². The molecule has 0 spiro atoms. The third-order valence-electron chi connectivity index (χ3n) is 2.64. The van der Waals surface area contributed by atoms with Gasteiger partial charge in [-0.25, -0.2) is 4.21 Å². The molecule has 1 atom stereocenters. The number of rotatable bonds is 6. The zero-order chi connectivity index (χ0) is 11.1. The molecule has 0 aromatic heterocycles. The fraction of sp³-hybridized carbons (Fsp3) is 1.00. The Hall–Kier alpha value is -0.0100. The molecule has 0 aromatic rings. The fourth-order valence-corrected chi connectivity index (χ4v) is 2.24. The molecule has 1 unspecified atom stereocenters. The molecule has 0 saturated carbocycles. The van der Waals surface area contributed by atoms with E-state index in [0.717, 1.165) is 39.3 Å². The van der Waals surface area contributed by atoms with E-state index in [-0.39, 0.29) is 6.61 Å². The molecule has 1 aliphatic heterocycles. The minimum Gasteiger partial charge on any atom is -0.395 e. The van der Waals surface area contributed by atoms with E-state index >= 15 is 0 Å². The van der Waals surface area contributed by atoms with Crippen molar-refractivity contribution in [3.05, 3.63) is 0 Å². The van der Waals surface area contributed by atoms with Gasteiger partial charge in [-0.2, -0.15) is 0 Å². The van der Waals surface area contributed by atoms with E-state index in [4.69, 9.17) is 9.29 Å². The Bertz CT molecular complexity index is 196. The lowest BCUT2D eigenvalue weighted by Gasteiger charge is -2.34. The number of nitrogens with zero attached hydrogens (tertiary/aromatic N) is 2. The molecule has 0 amide bonds. The summed E-state index contributed by atoms with van der Waals surface area (Å²) in [6, 6.07) is 0. The van der Waals surface area contributed by atoms with Crippen LogP contribution in [0.3, 0.4) is 0 Å². The van der Waals surface area contributed by atoms with Crippen LogP contribution >= 0.6 is 0 Å². The molecule has 1 aliphatic rings. The van der Waals surface area contributed by atoms with Crippen LogP contribution in [0, 0.1) is 0 Å². The van der Waals surface area contributed by atoms with Crippen molar-refractivity contribution < 1.29 is 13.5 Å². The van der Waals surface area contributed by atoms with Gasteiger partial charge >= 0.3 is 0 Å². The second kappa shape index (κ2) is 7.29. The van der Waals surface area contributed by atoms with Crippen LogP contribution in [-0.4, -0.2) is 77.9 Å². The summed E-state index contributed by atoms with van der Waals surface area (Å²) in [5.41, 5.74) is 0. The lowest BCUT2D eigenvalue weighted by molar-refractivity contribution is 0.116. The lowest BCUT2D eigenvalue weighted by atomic mass is 10.3. The average molecular weight is 236 g/mol. The molecule has 0 aliphatic carbocycles. The van der Waals surface area contributed by atoms with Gasteiger partial charge in [0.1, 0.15) is 0 Å². The lowest BCUT2D eigenvalue weighted by Crippen LogP contribution is -2.48. The first kappa shape index (κ1) is 13.1. The van der Waals surface area contributed by atoms with Gasteiger partial charge in [-0.05, 0) is 0 Å². The number of aliphatic hydroxyl groups excluding tert-OH is 1. The maximum absolute atomic E-state index is 11.0. The fourth-order valence-electron chi connectivity index (χ4n) is 1.66. The smallest absolute Gasteiger partial charge is 0.156 e. The highest BCUT2D eigenvalue weighted by Gasteiger charge is 2.16. The van der Waals surface area contributed by atoms with Crippen molar-refractivity contribution in [2.75, 3.05) is 58.7 Å². The molecular weight excluding hydrogens is 216 g/mol. The minimum absolute atomic E-state index is 0.230. The third kappa shape index (κ3) is 5.03. The van der Waals surface area contributed by atoms with Crippen LogP contribution in [0.25, 0.3) is 0 Å². The summed E-state index contributed by atoms with van der Waals surface area (Å²) in [7, 11) is 1.47. The Morgan fingerprint density at radius 1 is 1.20 bits per heavy atom. The van der Waals surface area contributed by atoms with Crippen LogP contribution in [0.5, 0.6) is 0 Å². The summed E-state index contributed by atoms with van der Waals surface area (Å²) >= 11 is -1.14. The van der Waals surface area contributed by atoms with Gasteiger partial charge < -0.3 is 5.11 Å². The van der Waals surface area contributed by atoms with Gasteiger partial charge in [-0.1, -0.05) is 0 Å². The normalized spacial score (nSPS) is 21.7. The molecule has 15 heavy (non-hydrogen) atoms. The van der Waals surface area contributed by atoms with E-state index in [1.54, 1.807) is 0 Å². The van der Waals surface area contributed by atoms with Crippen LogP contribution in [0.4, 0.5) is 0 Å². The highest BCUT2D eigenvalue weighted by atomic mass is 32.2. The number of hydrogen-bond acceptors (Lipinski definition) is 5. The Morgan fingerprint density at radius 2 is 1.73 bits per heavy atom. The van der Waals surface area contributed by atoms with E-state index in [0.29, 0.717) is 5.75 Å². The van der Waals surface area contributed by atoms with Gasteiger partial charge in [0.25, 0.3) is 0 Å². The molecule has 1 heterocycles. The van der Waals surface area contributed by atoms with Crippen LogP contribution in [-0.2, 0) is 15.3 Å². The van der Waals surface area contributed by atoms with E-state index < -0.39 is 11.1 Å². The highest BCUT2D eigenvalue weighted by molar-refractivity contribution is 7.80. The predicted octanol–water partition coefficient (Wildman–Crippen LogP) is -1.09. The predicted molar refractivity (Wildman–Crippen MR) is 60.0 cm³/mol. The van der Waals surface area contributed by atoms with Gasteiger partial charge in [-0.15, -0.1) is 0 Å². The van der Waals surface area contributed by atoms with Gasteiger partial charge in [0.05, 0.1) is 19.5 Å².